The molecule has 0 aliphatic heterocycles. The van der Waals surface area contributed by atoms with E-state index in [0.29, 0.717) is 23.6 Å². The normalized spacial score (nSPS) is 11.4. The number of amides is 1. The smallest absolute Gasteiger partial charge is 0.224 e. The van der Waals surface area contributed by atoms with E-state index in [2.05, 4.69) is 17.2 Å². The number of unbranched alkanes of at least 4 members (excludes halogenated alkanes) is 1. The van der Waals surface area contributed by atoms with Gasteiger partial charge in [-0.25, -0.2) is 4.99 Å². The lowest BCUT2D eigenvalue weighted by Crippen LogP contribution is -2.14. The lowest BCUT2D eigenvalue weighted by molar-refractivity contribution is -0.116. The topological polar surface area (TPSA) is 67.5 Å². The monoisotopic (exact) mass is 281 g/mol. The van der Waals surface area contributed by atoms with Crippen LogP contribution in [0.3, 0.4) is 0 Å². The molecule has 0 radical (unpaired) electrons. The number of hydrogen-bond donors (Lipinski definition) is 2. The molecular weight excluding hydrogens is 262 g/mol. The molecule has 0 aliphatic rings. The number of nitrogens with zero attached hydrogens (tertiary/aromatic N) is 1. The van der Waals surface area contributed by atoms with E-state index >= 15 is 0 Å². The molecule has 0 aliphatic carbocycles. The number of aliphatic imine (C=N–C) groups is 1. The summed E-state index contributed by atoms with van der Waals surface area (Å²) < 4.78 is 0. The number of nitrogens with two attached hydrogens (primary N) is 1. The summed E-state index contributed by atoms with van der Waals surface area (Å²) in [5, 5.41) is 2.86. The molecule has 0 bridgehead atoms. The first-order chi connectivity index (χ1) is 9.06. The summed E-state index contributed by atoms with van der Waals surface area (Å²) in [5.74, 6) is 0.486. The fraction of sp³-hybridized carbons (Fsp3) is 0.429. The van der Waals surface area contributed by atoms with Crippen molar-refractivity contribution in [3.63, 3.8) is 0 Å². The zero-order valence-electron chi connectivity index (χ0n) is 11.4. The molecule has 1 aromatic rings. The van der Waals surface area contributed by atoms with Crippen molar-refractivity contribution in [2.75, 3.05) is 11.2 Å². The Morgan fingerprint density at radius 1 is 1.47 bits per heavy atom. The van der Waals surface area contributed by atoms with Gasteiger partial charge in [0.2, 0.25) is 5.91 Å². The number of carbonyl (C=O) groups excluding carboxylic acids is 1. The van der Waals surface area contributed by atoms with Gasteiger partial charge in [0.15, 0.2) is 0 Å². The van der Waals surface area contributed by atoms with Crippen LogP contribution in [0.2, 0.25) is 0 Å². The van der Waals surface area contributed by atoms with Gasteiger partial charge in [0.25, 0.3) is 0 Å². The van der Waals surface area contributed by atoms with E-state index in [1.54, 1.807) is 0 Å². The molecule has 0 saturated heterocycles. The van der Waals surface area contributed by atoms with Crippen LogP contribution in [0.1, 0.15) is 31.7 Å². The van der Waals surface area contributed by atoms with Gasteiger partial charge in [0.05, 0.1) is 17.3 Å². The highest BCUT2D eigenvalue weighted by Gasteiger charge is 2.07. The Labute approximate surface area is 119 Å². The van der Waals surface area contributed by atoms with E-state index in [4.69, 9.17) is 17.3 Å². The number of hydrogen-bond acceptors (Lipinski definition) is 2. The molecule has 1 rings (SSSR count). The summed E-state index contributed by atoms with van der Waals surface area (Å²) in [7, 11) is 0. The summed E-state index contributed by atoms with van der Waals surface area (Å²) in [4.78, 5) is 16.0. The van der Waals surface area contributed by atoms with E-state index in [1.165, 1.54) is 0 Å². The van der Waals surface area contributed by atoms with Crippen LogP contribution in [0.25, 0.3) is 0 Å². The molecule has 1 amide bonds. The van der Waals surface area contributed by atoms with Crippen molar-refractivity contribution >= 4 is 34.7 Å². The highest BCUT2D eigenvalue weighted by molar-refractivity contribution is 6.28. The number of benzene rings is 1. The van der Waals surface area contributed by atoms with Crippen LogP contribution in [0, 0.1) is 6.92 Å². The SMILES string of the molecule is CCCCC(=O)Nc1ccc(C)cc1N=C(N)CCl. The molecular formula is C14H20ClN3O. The average Bonchev–Trinajstić information content (AvgIpc) is 2.39. The third-order valence-corrected chi connectivity index (χ3v) is 2.86. The first-order valence-electron chi connectivity index (χ1n) is 6.36. The third-order valence-electron chi connectivity index (χ3n) is 2.59. The number of carbonyl (C=O) groups is 1. The number of alkyl halides is 1. The molecule has 0 aromatic heterocycles. The van der Waals surface area contributed by atoms with Crippen molar-refractivity contribution in [1.29, 1.82) is 0 Å². The first kappa shape index (κ1) is 15.5. The number of rotatable bonds is 6. The summed E-state index contributed by atoms with van der Waals surface area (Å²) >= 11 is 5.63. The van der Waals surface area contributed by atoms with Gasteiger partial charge in [0.1, 0.15) is 5.84 Å². The zero-order valence-corrected chi connectivity index (χ0v) is 12.1. The second-order valence-electron chi connectivity index (χ2n) is 4.41. The number of aryl methyl sites for hydroxylation is 1. The average molecular weight is 282 g/mol. The Hall–Kier alpha value is -1.55. The molecule has 104 valence electrons. The fourth-order valence-electron chi connectivity index (χ4n) is 1.57. The van der Waals surface area contributed by atoms with Crippen LogP contribution in [0.4, 0.5) is 11.4 Å². The first-order valence-corrected chi connectivity index (χ1v) is 6.89. The van der Waals surface area contributed by atoms with Crippen molar-refractivity contribution < 1.29 is 4.79 Å². The number of anilines is 1. The van der Waals surface area contributed by atoms with Gasteiger partial charge in [-0.1, -0.05) is 19.4 Å². The van der Waals surface area contributed by atoms with Gasteiger partial charge >= 0.3 is 0 Å². The van der Waals surface area contributed by atoms with Crippen molar-refractivity contribution in [2.45, 2.75) is 33.1 Å². The predicted molar refractivity (Wildman–Crippen MR) is 81.3 cm³/mol. The van der Waals surface area contributed by atoms with E-state index in [1.807, 2.05) is 25.1 Å². The van der Waals surface area contributed by atoms with Crippen molar-refractivity contribution in [3.8, 4) is 0 Å². The number of halogens is 1. The van der Waals surface area contributed by atoms with E-state index in [9.17, 15) is 4.79 Å². The molecule has 1 aromatic carbocycles. The molecule has 0 heterocycles. The Bertz CT molecular complexity index is 472. The molecule has 0 saturated carbocycles. The van der Waals surface area contributed by atoms with Gasteiger partial charge < -0.3 is 11.1 Å². The van der Waals surface area contributed by atoms with Gasteiger partial charge in [-0.05, 0) is 31.0 Å². The Morgan fingerprint density at radius 3 is 2.84 bits per heavy atom. The van der Waals surface area contributed by atoms with Crippen LogP contribution >= 0.6 is 11.6 Å². The highest BCUT2D eigenvalue weighted by Crippen LogP contribution is 2.26. The van der Waals surface area contributed by atoms with Gasteiger partial charge in [-0.15, -0.1) is 11.6 Å². The second kappa shape index (κ2) is 7.79. The summed E-state index contributed by atoms with van der Waals surface area (Å²) in [5.41, 5.74) is 8.00. The molecule has 0 atom stereocenters. The van der Waals surface area contributed by atoms with Gasteiger partial charge in [-0.2, -0.15) is 0 Å². The lowest BCUT2D eigenvalue weighted by atomic mass is 10.2. The maximum absolute atomic E-state index is 11.7. The summed E-state index contributed by atoms with van der Waals surface area (Å²) in [6.45, 7) is 4.01. The van der Waals surface area contributed by atoms with Crippen molar-refractivity contribution in [2.24, 2.45) is 10.7 Å². The predicted octanol–water partition coefficient (Wildman–Crippen LogP) is 3.35. The minimum absolute atomic E-state index is 0.00778. The zero-order chi connectivity index (χ0) is 14.3. The van der Waals surface area contributed by atoms with Crippen LogP contribution in [0.5, 0.6) is 0 Å². The largest absolute Gasteiger partial charge is 0.386 e. The molecule has 0 fully saturated rings. The van der Waals surface area contributed by atoms with Gasteiger partial charge in [0, 0.05) is 6.42 Å². The Morgan fingerprint density at radius 2 is 2.21 bits per heavy atom. The standard InChI is InChI=1S/C14H20ClN3O/c1-3-4-5-14(19)18-11-7-6-10(2)8-12(11)17-13(16)9-15/h6-8H,3-5,9H2,1-2H3,(H2,16,17)(H,18,19). The Balaban J connectivity index is 2.91. The molecule has 4 nitrogen and oxygen atoms in total. The summed E-state index contributed by atoms with van der Waals surface area (Å²) in [6, 6.07) is 5.62. The minimum atomic E-state index is -0.00778. The fourth-order valence-corrected chi connectivity index (χ4v) is 1.63. The van der Waals surface area contributed by atoms with Crippen molar-refractivity contribution in [3.05, 3.63) is 23.8 Å². The molecule has 3 N–H and O–H groups in total. The Kier molecular flexibility index (Phi) is 6.36. The highest BCUT2D eigenvalue weighted by atomic mass is 35.5. The van der Waals surface area contributed by atoms with E-state index in [0.717, 1.165) is 18.4 Å². The van der Waals surface area contributed by atoms with Crippen LogP contribution < -0.4 is 11.1 Å². The van der Waals surface area contributed by atoms with E-state index < -0.39 is 0 Å². The van der Waals surface area contributed by atoms with E-state index in [-0.39, 0.29) is 11.8 Å². The maximum Gasteiger partial charge on any atom is 0.224 e. The van der Waals surface area contributed by atoms with Crippen molar-refractivity contribution in [1.82, 2.24) is 0 Å². The lowest BCUT2D eigenvalue weighted by Gasteiger charge is -2.09. The molecule has 0 unspecified atom stereocenters. The number of nitrogens with one attached hydrogen (secondary N) is 1. The molecule has 5 heteroatoms. The minimum Gasteiger partial charge on any atom is -0.386 e. The summed E-state index contributed by atoms with van der Waals surface area (Å²) in [6.07, 6.45) is 2.38. The second-order valence-corrected chi connectivity index (χ2v) is 4.68. The van der Waals surface area contributed by atoms with Crippen LogP contribution in [0.15, 0.2) is 23.2 Å². The van der Waals surface area contributed by atoms with Crippen LogP contribution in [-0.4, -0.2) is 17.6 Å². The third kappa shape index (κ3) is 5.30. The molecule has 19 heavy (non-hydrogen) atoms. The quantitative estimate of drug-likeness (QED) is 0.477. The molecule has 0 spiro atoms. The van der Waals surface area contributed by atoms with Gasteiger partial charge in [-0.3, -0.25) is 4.79 Å². The maximum atomic E-state index is 11.7. The van der Waals surface area contributed by atoms with Crippen LogP contribution in [-0.2, 0) is 4.79 Å². The number of amidine groups is 1.